The number of aryl methyl sites for hydroxylation is 2. The third-order valence-electron chi connectivity index (χ3n) is 5.49. The number of aromatic amines is 1. The van der Waals surface area contributed by atoms with Crippen molar-refractivity contribution < 1.29 is 17.7 Å². The highest BCUT2D eigenvalue weighted by molar-refractivity contribution is 6.28. The second-order valence-corrected chi connectivity index (χ2v) is 8.41. The van der Waals surface area contributed by atoms with Crippen LogP contribution in [0.2, 0.25) is 5.28 Å². The Kier molecular flexibility index (Phi) is 7.10. The van der Waals surface area contributed by atoms with Crippen molar-refractivity contribution in [1.82, 2.24) is 29.2 Å². The summed E-state index contributed by atoms with van der Waals surface area (Å²) in [6.07, 6.45) is -1.91. The Morgan fingerprint density at radius 1 is 1.06 bits per heavy atom. The van der Waals surface area contributed by atoms with Gasteiger partial charge in [-0.1, -0.05) is 30.6 Å². The van der Waals surface area contributed by atoms with Gasteiger partial charge in [-0.2, -0.15) is 23.1 Å². The van der Waals surface area contributed by atoms with Crippen LogP contribution in [0.5, 0.6) is 0 Å². The highest BCUT2D eigenvalue weighted by Crippen LogP contribution is 2.29. The molecule has 0 saturated carbocycles. The van der Waals surface area contributed by atoms with Gasteiger partial charge in [0.2, 0.25) is 11.2 Å². The number of alkyl halides is 3. The van der Waals surface area contributed by atoms with Crippen molar-refractivity contribution in [3.8, 4) is 0 Å². The molecule has 0 aliphatic heterocycles. The van der Waals surface area contributed by atoms with Crippen LogP contribution in [0.3, 0.4) is 0 Å². The van der Waals surface area contributed by atoms with Gasteiger partial charge in [-0.3, -0.25) is 13.9 Å². The van der Waals surface area contributed by atoms with E-state index < -0.39 is 23.0 Å². The molecule has 0 radical (unpaired) electrons. The Morgan fingerprint density at radius 3 is 2.46 bits per heavy atom. The molecule has 0 aliphatic carbocycles. The number of hydrogen-bond donors (Lipinski definition) is 1. The van der Waals surface area contributed by atoms with Crippen molar-refractivity contribution in [2.45, 2.75) is 58.3 Å². The van der Waals surface area contributed by atoms with Gasteiger partial charge in [-0.15, -0.1) is 0 Å². The summed E-state index contributed by atoms with van der Waals surface area (Å²) in [6, 6.07) is 4.75. The van der Waals surface area contributed by atoms with E-state index in [2.05, 4.69) is 20.1 Å². The van der Waals surface area contributed by atoms with Crippen LogP contribution in [-0.2, 0) is 32.1 Å². The number of rotatable bonds is 9. The summed E-state index contributed by atoms with van der Waals surface area (Å²) in [7, 11) is 0. The van der Waals surface area contributed by atoms with Crippen LogP contribution < -0.4 is 11.2 Å². The van der Waals surface area contributed by atoms with Crippen molar-refractivity contribution in [2.75, 3.05) is 0 Å². The molecule has 0 saturated heterocycles. The summed E-state index contributed by atoms with van der Waals surface area (Å²) in [5.74, 6) is 0.629. The summed E-state index contributed by atoms with van der Waals surface area (Å²) in [5, 5.41) is 3.90. The summed E-state index contributed by atoms with van der Waals surface area (Å²) >= 11 is 5.93. The molecule has 1 N–H and O–H groups in total. The maximum Gasteiger partial charge on any atom is 0.416 e. The number of halogens is 4. The molecule has 0 spiro atoms. The lowest BCUT2D eigenvalue weighted by Gasteiger charge is -2.10. The minimum Gasteiger partial charge on any atom is -0.339 e. The number of benzene rings is 1. The Bertz CT molecular complexity index is 1440. The van der Waals surface area contributed by atoms with Crippen molar-refractivity contribution in [2.24, 2.45) is 0 Å². The van der Waals surface area contributed by atoms with Gasteiger partial charge >= 0.3 is 11.9 Å². The lowest BCUT2D eigenvalue weighted by Crippen LogP contribution is -2.40. The summed E-state index contributed by atoms with van der Waals surface area (Å²) in [6.45, 7) is 2.52. The van der Waals surface area contributed by atoms with Crippen LogP contribution in [0.15, 0.2) is 38.4 Å². The SMILES string of the molecule is CCCCn1c(=O)n(CCCc2nc(Cc3ccc(C(F)(F)F)cc3)no2)c(=O)c2[nH]c(Cl)nc21. The number of fused-ring (bicyclic) bond motifs is 1. The number of imidazole rings is 1. The van der Waals surface area contributed by atoms with Gasteiger partial charge in [-0.05, 0) is 42.1 Å². The van der Waals surface area contributed by atoms with Crippen molar-refractivity contribution >= 4 is 22.8 Å². The molecule has 4 rings (SSSR count). The van der Waals surface area contributed by atoms with Gasteiger partial charge in [0.15, 0.2) is 17.0 Å². The third-order valence-corrected chi connectivity index (χ3v) is 5.67. The zero-order chi connectivity index (χ0) is 25.2. The molecule has 3 heterocycles. The van der Waals surface area contributed by atoms with E-state index in [1.54, 1.807) is 0 Å². The molecule has 3 aromatic heterocycles. The van der Waals surface area contributed by atoms with E-state index in [1.165, 1.54) is 16.7 Å². The topological polar surface area (TPSA) is 112 Å². The zero-order valence-electron chi connectivity index (χ0n) is 18.7. The minimum absolute atomic E-state index is 0.0333. The average molecular weight is 511 g/mol. The van der Waals surface area contributed by atoms with Gasteiger partial charge in [0.05, 0.1) is 5.56 Å². The van der Waals surface area contributed by atoms with E-state index in [9.17, 15) is 22.8 Å². The molecule has 1 aromatic carbocycles. The molecule has 0 amide bonds. The van der Waals surface area contributed by atoms with Crippen LogP contribution in [-0.4, -0.2) is 29.2 Å². The summed E-state index contributed by atoms with van der Waals surface area (Å²) < 4.78 is 45.9. The Labute approximate surface area is 201 Å². The first kappa shape index (κ1) is 24.7. The predicted octanol–water partition coefficient (Wildman–Crippen LogP) is 3.97. The van der Waals surface area contributed by atoms with E-state index in [1.807, 2.05) is 6.92 Å². The first-order valence-electron chi connectivity index (χ1n) is 11.0. The maximum absolute atomic E-state index is 13.0. The number of nitrogens with zero attached hydrogens (tertiary/aromatic N) is 5. The van der Waals surface area contributed by atoms with Crippen molar-refractivity contribution in [3.63, 3.8) is 0 Å². The molecule has 0 atom stereocenters. The van der Waals surface area contributed by atoms with Crippen molar-refractivity contribution in [1.29, 1.82) is 0 Å². The molecule has 0 fully saturated rings. The van der Waals surface area contributed by atoms with E-state index >= 15 is 0 Å². The van der Waals surface area contributed by atoms with Gasteiger partial charge in [0, 0.05) is 25.9 Å². The largest absolute Gasteiger partial charge is 0.416 e. The van der Waals surface area contributed by atoms with Gasteiger partial charge in [0.25, 0.3) is 5.56 Å². The number of H-pyrrole nitrogens is 1. The molecule has 0 bridgehead atoms. The quantitative estimate of drug-likeness (QED) is 0.341. The van der Waals surface area contributed by atoms with E-state index in [4.69, 9.17) is 16.1 Å². The van der Waals surface area contributed by atoms with Gasteiger partial charge < -0.3 is 9.51 Å². The molecule has 9 nitrogen and oxygen atoms in total. The van der Waals surface area contributed by atoms with Gasteiger partial charge in [-0.25, -0.2) is 4.79 Å². The average Bonchev–Trinajstić information content (AvgIpc) is 3.42. The monoisotopic (exact) mass is 510 g/mol. The fourth-order valence-corrected chi connectivity index (χ4v) is 3.87. The van der Waals surface area contributed by atoms with Crippen LogP contribution in [0.4, 0.5) is 13.2 Å². The lowest BCUT2D eigenvalue weighted by molar-refractivity contribution is -0.137. The van der Waals surface area contributed by atoms with E-state index in [0.717, 1.165) is 29.5 Å². The molecule has 35 heavy (non-hydrogen) atoms. The summed E-state index contributed by atoms with van der Waals surface area (Å²) in [4.78, 5) is 36.8. The first-order chi connectivity index (χ1) is 16.7. The Hall–Kier alpha value is -3.41. The number of aromatic nitrogens is 6. The summed E-state index contributed by atoms with van der Waals surface area (Å²) in [5.41, 5.74) is -0.689. The highest BCUT2D eigenvalue weighted by Gasteiger charge is 2.30. The fourth-order valence-electron chi connectivity index (χ4n) is 3.70. The molecule has 13 heteroatoms. The van der Waals surface area contributed by atoms with Crippen LogP contribution in [0.25, 0.3) is 11.2 Å². The Morgan fingerprint density at radius 2 is 1.77 bits per heavy atom. The minimum atomic E-state index is -4.40. The Balaban J connectivity index is 1.44. The van der Waals surface area contributed by atoms with Crippen LogP contribution >= 0.6 is 11.6 Å². The molecule has 186 valence electrons. The number of unbranched alkanes of at least 4 members (excludes halogenated alkanes) is 1. The number of nitrogens with one attached hydrogen (secondary N) is 1. The molecular weight excluding hydrogens is 489 g/mol. The van der Waals surface area contributed by atoms with Gasteiger partial charge in [0.1, 0.15) is 0 Å². The zero-order valence-corrected chi connectivity index (χ0v) is 19.5. The second-order valence-electron chi connectivity index (χ2n) is 8.05. The maximum atomic E-state index is 13.0. The van der Waals surface area contributed by atoms with E-state index in [-0.39, 0.29) is 29.4 Å². The molecule has 0 unspecified atom stereocenters. The standard InChI is InChI=1S/C22H22ClF3N6O3/c1-2-3-10-31-18-17(28-20(23)29-18)19(33)32(21(31)34)11-4-5-16-27-15(30-35-16)12-13-6-8-14(9-7-13)22(24,25)26/h6-9H,2-5,10-12H2,1H3,(H,28,29). The smallest absolute Gasteiger partial charge is 0.339 e. The predicted molar refractivity (Wildman–Crippen MR) is 121 cm³/mol. The first-order valence-corrected chi connectivity index (χ1v) is 11.4. The van der Waals surface area contributed by atoms with Crippen molar-refractivity contribution in [3.05, 3.63) is 73.2 Å². The molecule has 0 aliphatic rings. The van der Waals surface area contributed by atoms with Crippen LogP contribution in [0, 0.1) is 0 Å². The van der Waals surface area contributed by atoms with E-state index in [0.29, 0.717) is 36.7 Å². The number of hydrogen-bond acceptors (Lipinski definition) is 6. The lowest BCUT2D eigenvalue weighted by atomic mass is 10.1. The molecular formula is C22H22ClF3N6O3. The second kappa shape index (κ2) is 10.1. The third kappa shape index (κ3) is 5.47. The molecule has 4 aromatic rings. The fraction of sp³-hybridized carbons (Fsp3) is 0.409. The van der Waals surface area contributed by atoms with Crippen LogP contribution in [0.1, 0.15) is 49.0 Å². The normalized spacial score (nSPS) is 12.0. The highest BCUT2D eigenvalue weighted by atomic mass is 35.5.